The van der Waals surface area contributed by atoms with Gasteiger partial charge in [-0.3, -0.25) is 0 Å². The summed E-state index contributed by atoms with van der Waals surface area (Å²) in [5, 5.41) is 3.95. The summed E-state index contributed by atoms with van der Waals surface area (Å²) >= 11 is 3.40. The van der Waals surface area contributed by atoms with Crippen LogP contribution < -0.4 is 4.74 Å². The molecule has 1 aromatic heterocycles. The highest BCUT2D eigenvalue weighted by Gasteiger charge is 2.24. The van der Waals surface area contributed by atoms with Crippen molar-refractivity contribution in [2.24, 2.45) is 5.16 Å². The topological polar surface area (TPSA) is 70.0 Å². The van der Waals surface area contributed by atoms with Crippen LogP contribution in [0, 0.1) is 0 Å². The number of pyridine rings is 1. The summed E-state index contributed by atoms with van der Waals surface area (Å²) in [4.78, 5) is 20.7. The maximum atomic E-state index is 11.3. The molecule has 0 aliphatic carbocycles. The summed E-state index contributed by atoms with van der Waals surface area (Å²) in [6.07, 6.45) is 1.81. The second-order valence-corrected chi connectivity index (χ2v) is 5.72. The molecule has 0 saturated heterocycles. The number of carbonyl (C=O) groups is 1. The smallest absolute Gasteiger partial charge is 0.356 e. The molecule has 1 aliphatic rings. The van der Waals surface area contributed by atoms with Gasteiger partial charge >= 0.3 is 5.97 Å². The van der Waals surface area contributed by atoms with Gasteiger partial charge in [-0.25, -0.2) is 9.78 Å². The minimum atomic E-state index is -0.492. The van der Waals surface area contributed by atoms with Crippen molar-refractivity contribution < 1.29 is 19.1 Å². The van der Waals surface area contributed by atoms with Crippen molar-refractivity contribution in [1.29, 1.82) is 0 Å². The van der Waals surface area contributed by atoms with Gasteiger partial charge in [0.05, 0.1) is 19.7 Å². The standard InChI is InChI=1S/C16H13BrN2O4/c1-21-16(20)13-7-6-12(9-18-13)22-15-8-14(23-19-15)10-2-4-11(17)5-3-10/h2-7,9,14H,8H2,1H3/t14-/m0/s1. The van der Waals surface area contributed by atoms with Crippen LogP contribution in [0.5, 0.6) is 5.75 Å². The fourth-order valence-electron chi connectivity index (χ4n) is 2.07. The van der Waals surface area contributed by atoms with Crippen molar-refractivity contribution >= 4 is 27.8 Å². The van der Waals surface area contributed by atoms with E-state index in [4.69, 9.17) is 9.57 Å². The third kappa shape index (κ3) is 3.68. The molecule has 2 aromatic rings. The highest BCUT2D eigenvalue weighted by molar-refractivity contribution is 9.10. The van der Waals surface area contributed by atoms with Gasteiger partial charge < -0.3 is 14.3 Å². The molecular formula is C16H13BrN2O4. The Morgan fingerprint density at radius 2 is 2.04 bits per heavy atom. The first-order valence-electron chi connectivity index (χ1n) is 6.86. The molecule has 3 rings (SSSR count). The summed E-state index contributed by atoms with van der Waals surface area (Å²) in [5.74, 6) is 0.454. The number of nitrogens with zero attached hydrogens (tertiary/aromatic N) is 2. The number of halogens is 1. The van der Waals surface area contributed by atoms with Gasteiger partial charge in [-0.15, -0.1) is 0 Å². The minimum Gasteiger partial charge on any atom is -0.464 e. The number of methoxy groups -OCH3 is 1. The monoisotopic (exact) mass is 376 g/mol. The van der Waals surface area contributed by atoms with Crippen LogP contribution in [0.4, 0.5) is 0 Å². The van der Waals surface area contributed by atoms with Gasteiger partial charge in [0.1, 0.15) is 11.4 Å². The lowest BCUT2D eigenvalue weighted by Gasteiger charge is -2.08. The number of ether oxygens (including phenoxy) is 2. The molecule has 1 atom stereocenters. The van der Waals surface area contributed by atoms with Crippen LogP contribution in [0.25, 0.3) is 0 Å². The Kier molecular flexibility index (Phi) is 4.57. The van der Waals surface area contributed by atoms with Crippen LogP contribution in [0.15, 0.2) is 52.2 Å². The van der Waals surface area contributed by atoms with E-state index in [9.17, 15) is 4.79 Å². The van der Waals surface area contributed by atoms with E-state index in [1.165, 1.54) is 19.4 Å². The average Bonchev–Trinajstić information content (AvgIpc) is 3.04. The third-order valence-corrected chi connectivity index (χ3v) is 3.78. The van der Waals surface area contributed by atoms with Crippen LogP contribution in [-0.2, 0) is 9.57 Å². The number of benzene rings is 1. The van der Waals surface area contributed by atoms with E-state index in [1.54, 1.807) is 6.07 Å². The van der Waals surface area contributed by atoms with Crippen molar-refractivity contribution in [3.63, 3.8) is 0 Å². The molecule has 0 spiro atoms. The van der Waals surface area contributed by atoms with E-state index in [1.807, 2.05) is 24.3 Å². The number of hydrogen-bond acceptors (Lipinski definition) is 6. The highest BCUT2D eigenvalue weighted by Crippen LogP contribution is 2.29. The SMILES string of the molecule is COC(=O)c1ccc(OC2=NO[C@H](c3ccc(Br)cc3)C2)cn1. The molecule has 0 unspecified atom stereocenters. The Hall–Kier alpha value is -2.41. The normalized spacial score (nSPS) is 16.4. The molecule has 0 amide bonds. The number of esters is 1. The van der Waals surface area contributed by atoms with Crippen molar-refractivity contribution in [3.8, 4) is 5.75 Å². The van der Waals surface area contributed by atoms with Gasteiger partial charge in [-0.1, -0.05) is 33.2 Å². The molecule has 7 heteroatoms. The van der Waals surface area contributed by atoms with E-state index in [0.717, 1.165) is 10.0 Å². The lowest BCUT2D eigenvalue weighted by molar-refractivity contribution is 0.0594. The van der Waals surface area contributed by atoms with Gasteiger partial charge in [0.2, 0.25) is 5.90 Å². The van der Waals surface area contributed by atoms with Crippen molar-refractivity contribution in [3.05, 3.63) is 58.3 Å². The summed E-state index contributed by atoms with van der Waals surface area (Å²) in [5.41, 5.74) is 1.24. The van der Waals surface area contributed by atoms with Crippen LogP contribution in [-0.4, -0.2) is 24.0 Å². The summed E-state index contributed by atoms with van der Waals surface area (Å²) < 4.78 is 11.2. The largest absolute Gasteiger partial charge is 0.464 e. The zero-order chi connectivity index (χ0) is 16.2. The second-order valence-electron chi connectivity index (χ2n) is 4.81. The number of rotatable bonds is 3. The molecule has 23 heavy (non-hydrogen) atoms. The summed E-state index contributed by atoms with van der Waals surface area (Å²) in [6, 6.07) is 11.0. The lowest BCUT2D eigenvalue weighted by atomic mass is 10.1. The number of aromatic nitrogens is 1. The second kappa shape index (κ2) is 6.78. The predicted molar refractivity (Wildman–Crippen MR) is 86.2 cm³/mol. The van der Waals surface area contributed by atoms with Crippen LogP contribution in [0.1, 0.15) is 28.6 Å². The number of carbonyl (C=O) groups excluding carboxylic acids is 1. The fraction of sp³-hybridized carbons (Fsp3) is 0.188. The van der Waals surface area contributed by atoms with Crippen LogP contribution in [0.2, 0.25) is 0 Å². The maximum absolute atomic E-state index is 11.3. The summed E-state index contributed by atoms with van der Waals surface area (Å²) in [7, 11) is 1.31. The van der Waals surface area contributed by atoms with E-state index in [-0.39, 0.29) is 11.8 Å². The molecule has 118 valence electrons. The quantitative estimate of drug-likeness (QED) is 0.766. The Balaban J connectivity index is 1.61. The zero-order valence-corrected chi connectivity index (χ0v) is 13.8. The van der Waals surface area contributed by atoms with E-state index in [2.05, 4.69) is 30.8 Å². The Morgan fingerprint density at radius 1 is 1.26 bits per heavy atom. The average molecular weight is 377 g/mol. The minimum absolute atomic E-state index is 0.166. The van der Waals surface area contributed by atoms with E-state index >= 15 is 0 Å². The lowest BCUT2D eigenvalue weighted by Crippen LogP contribution is -2.08. The fourth-order valence-corrected chi connectivity index (χ4v) is 2.34. The molecular weight excluding hydrogens is 364 g/mol. The molecule has 1 aromatic carbocycles. The third-order valence-electron chi connectivity index (χ3n) is 3.25. The molecule has 6 nitrogen and oxygen atoms in total. The van der Waals surface area contributed by atoms with Crippen molar-refractivity contribution in [2.75, 3.05) is 7.11 Å². The molecule has 0 radical (unpaired) electrons. The van der Waals surface area contributed by atoms with Gasteiger partial charge in [0.25, 0.3) is 0 Å². The van der Waals surface area contributed by atoms with Gasteiger partial charge in [0, 0.05) is 4.47 Å². The predicted octanol–water partition coefficient (Wildman–Crippen LogP) is 3.48. The first kappa shape index (κ1) is 15.5. The Morgan fingerprint density at radius 3 is 2.70 bits per heavy atom. The van der Waals surface area contributed by atoms with Gasteiger partial charge in [0.15, 0.2) is 6.10 Å². The molecule has 0 bridgehead atoms. The highest BCUT2D eigenvalue weighted by atomic mass is 79.9. The first-order chi connectivity index (χ1) is 11.2. The van der Waals surface area contributed by atoms with Gasteiger partial charge in [-0.05, 0) is 29.8 Å². The molecule has 0 fully saturated rings. The maximum Gasteiger partial charge on any atom is 0.356 e. The van der Waals surface area contributed by atoms with Gasteiger partial charge in [-0.2, -0.15) is 0 Å². The number of hydrogen-bond donors (Lipinski definition) is 0. The number of oxime groups is 1. The molecule has 2 heterocycles. The molecule has 0 saturated carbocycles. The molecule has 0 N–H and O–H groups in total. The van der Waals surface area contributed by atoms with Crippen LogP contribution >= 0.6 is 15.9 Å². The zero-order valence-electron chi connectivity index (χ0n) is 12.2. The van der Waals surface area contributed by atoms with E-state index in [0.29, 0.717) is 18.1 Å². The molecule has 1 aliphatic heterocycles. The van der Waals surface area contributed by atoms with Crippen LogP contribution in [0.3, 0.4) is 0 Å². The van der Waals surface area contributed by atoms with E-state index < -0.39 is 5.97 Å². The Bertz CT molecular complexity index is 729. The Labute approximate surface area is 141 Å². The first-order valence-corrected chi connectivity index (χ1v) is 7.65. The van der Waals surface area contributed by atoms with Crippen molar-refractivity contribution in [2.45, 2.75) is 12.5 Å². The summed E-state index contributed by atoms with van der Waals surface area (Å²) in [6.45, 7) is 0. The van der Waals surface area contributed by atoms with Crippen molar-refractivity contribution in [1.82, 2.24) is 4.98 Å².